The van der Waals surface area contributed by atoms with Crippen LogP contribution in [0.15, 0.2) is 0 Å². The summed E-state index contributed by atoms with van der Waals surface area (Å²) in [4.78, 5) is 2.58. The van der Waals surface area contributed by atoms with Gasteiger partial charge in [0.1, 0.15) is 0 Å². The minimum Gasteiger partial charge on any atom is -0.318 e. The lowest BCUT2D eigenvalue weighted by molar-refractivity contribution is 0.0561. The summed E-state index contributed by atoms with van der Waals surface area (Å²) >= 11 is 0. The molecule has 0 radical (unpaired) electrons. The highest BCUT2D eigenvalue weighted by Crippen LogP contribution is 2.34. The topological polar surface area (TPSA) is 27.3 Å². The van der Waals surface area contributed by atoms with Crippen LogP contribution in [0, 0.1) is 5.41 Å². The minimum absolute atomic E-state index is 0.705. The highest BCUT2D eigenvalue weighted by molar-refractivity contribution is 4.95. The molecule has 2 saturated heterocycles. The van der Waals surface area contributed by atoms with Crippen LogP contribution in [-0.2, 0) is 0 Å². The molecule has 1 spiro atoms. The SMILES string of the molecule is CNCCN1CCC2(CC1)CNC2. The average molecular weight is 183 g/mol. The molecule has 0 aliphatic carbocycles. The van der Waals surface area contributed by atoms with Crippen molar-refractivity contribution in [3.8, 4) is 0 Å². The Balaban J connectivity index is 1.70. The number of piperidine rings is 1. The van der Waals surface area contributed by atoms with Crippen molar-refractivity contribution in [1.82, 2.24) is 15.5 Å². The van der Waals surface area contributed by atoms with Gasteiger partial charge in [-0.1, -0.05) is 0 Å². The molecule has 2 aliphatic heterocycles. The molecule has 13 heavy (non-hydrogen) atoms. The maximum atomic E-state index is 3.40. The summed E-state index contributed by atoms with van der Waals surface area (Å²) in [6.45, 7) is 7.51. The number of nitrogens with zero attached hydrogens (tertiary/aromatic N) is 1. The molecule has 2 rings (SSSR count). The molecule has 0 unspecified atom stereocenters. The molecule has 3 nitrogen and oxygen atoms in total. The normalized spacial score (nSPS) is 27.5. The summed E-state index contributed by atoms with van der Waals surface area (Å²) in [5, 5.41) is 6.61. The molecule has 0 bridgehead atoms. The number of likely N-dealkylation sites (N-methyl/N-ethyl adjacent to an activating group) is 1. The molecule has 0 saturated carbocycles. The smallest absolute Gasteiger partial charge is 0.0107 e. The molecule has 0 atom stereocenters. The maximum Gasteiger partial charge on any atom is 0.0107 e. The molecular weight excluding hydrogens is 162 g/mol. The molecule has 2 N–H and O–H groups in total. The predicted octanol–water partition coefficient (Wildman–Crippen LogP) is -0.109. The number of likely N-dealkylation sites (tertiary alicyclic amines) is 1. The van der Waals surface area contributed by atoms with Gasteiger partial charge in [0.05, 0.1) is 0 Å². The fraction of sp³-hybridized carbons (Fsp3) is 1.00. The highest BCUT2D eigenvalue weighted by Gasteiger charge is 2.39. The first-order chi connectivity index (χ1) is 6.35. The van der Waals surface area contributed by atoms with Crippen LogP contribution in [0.4, 0.5) is 0 Å². The van der Waals surface area contributed by atoms with Crippen LogP contribution in [0.25, 0.3) is 0 Å². The average Bonchev–Trinajstić information content (AvgIpc) is 2.13. The first-order valence-corrected chi connectivity index (χ1v) is 5.42. The Morgan fingerprint density at radius 3 is 2.46 bits per heavy atom. The van der Waals surface area contributed by atoms with Crippen molar-refractivity contribution < 1.29 is 0 Å². The van der Waals surface area contributed by atoms with E-state index in [1.54, 1.807) is 0 Å². The predicted molar refractivity (Wildman–Crippen MR) is 54.9 cm³/mol. The van der Waals surface area contributed by atoms with Crippen LogP contribution in [0.5, 0.6) is 0 Å². The van der Waals surface area contributed by atoms with Crippen LogP contribution in [0.3, 0.4) is 0 Å². The van der Waals surface area contributed by atoms with Crippen molar-refractivity contribution in [3.63, 3.8) is 0 Å². The van der Waals surface area contributed by atoms with Crippen LogP contribution >= 0.6 is 0 Å². The van der Waals surface area contributed by atoms with Gasteiger partial charge < -0.3 is 15.5 Å². The Morgan fingerprint density at radius 1 is 1.31 bits per heavy atom. The van der Waals surface area contributed by atoms with Gasteiger partial charge in [-0.15, -0.1) is 0 Å². The third-order valence-corrected chi connectivity index (χ3v) is 3.59. The fourth-order valence-corrected chi connectivity index (χ4v) is 2.35. The van der Waals surface area contributed by atoms with E-state index in [1.807, 2.05) is 7.05 Å². The fourth-order valence-electron chi connectivity index (χ4n) is 2.35. The molecule has 2 heterocycles. The largest absolute Gasteiger partial charge is 0.318 e. The quantitative estimate of drug-likeness (QED) is 0.639. The van der Waals surface area contributed by atoms with Crippen molar-refractivity contribution in [2.24, 2.45) is 5.41 Å². The van der Waals surface area contributed by atoms with E-state index in [0.717, 1.165) is 6.54 Å². The van der Waals surface area contributed by atoms with Gasteiger partial charge in [-0.25, -0.2) is 0 Å². The zero-order valence-corrected chi connectivity index (χ0v) is 8.60. The minimum atomic E-state index is 0.705. The van der Waals surface area contributed by atoms with Gasteiger partial charge >= 0.3 is 0 Å². The van der Waals surface area contributed by atoms with Gasteiger partial charge in [-0.2, -0.15) is 0 Å². The molecule has 2 fully saturated rings. The molecule has 2 aliphatic rings. The second-order valence-electron chi connectivity index (χ2n) is 4.55. The lowest BCUT2D eigenvalue weighted by atomic mass is 9.73. The Morgan fingerprint density at radius 2 is 2.00 bits per heavy atom. The number of hydrogen-bond acceptors (Lipinski definition) is 3. The van der Waals surface area contributed by atoms with E-state index in [9.17, 15) is 0 Å². The zero-order chi connectivity index (χ0) is 9.15. The lowest BCUT2D eigenvalue weighted by Crippen LogP contribution is -2.58. The van der Waals surface area contributed by atoms with Gasteiger partial charge in [0.2, 0.25) is 0 Å². The summed E-state index contributed by atoms with van der Waals surface area (Å²) in [7, 11) is 2.03. The first-order valence-electron chi connectivity index (χ1n) is 5.42. The second kappa shape index (κ2) is 3.95. The van der Waals surface area contributed by atoms with E-state index in [-0.39, 0.29) is 0 Å². The molecule has 0 amide bonds. The second-order valence-corrected chi connectivity index (χ2v) is 4.55. The summed E-state index contributed by atoms with van der Waals surface area (Å²) in [5.74, 6) is 0. The molecule has 0 aromatic carbocycles. The highest BCUT2D eigenvalue weighted by atomic mass is 15.2. The van der Waals surface area contributed by atoms with Crippen LogP contribution in [-0.4, -0.2) is 51.2 Å². The van der Waals surface area contributed by atoms with Gasteiger partial charge in [0.25, 0.3) is 0 Å². The molecule has 0 aromatic heterocycles. The lowest BCUT2D eigenvalue weighted by Gasteiger charge is -2.48. The van der Waals surface area contributed by atoms with Crippen molar-refractivity contribution in [2.45, 2.75) is 12.8 Å². The molecule has 76 valence electrons. The number of rotatable bonds is 3. The van der Waals surface area contributed by atoms with Crippen molar-refractivity contribution in [2.75, 3.05) is 46.3 Å². The first kappa shape index (κ1) is 9.44. The van der Waals surface area contributed by atoms with E-state index in [2.05, 4.69) is 15.5 Å². The molecular formula is C10H21N3. The van der Waals surface area contributed by atoms with Gasteiger partial charge in [-0.05, 0) is 38.4 Å². The molecule has 3 heteroatoms. The van der Waals surface area contributed by atoms with Gasteiger partial charge in [0.15, 0.2) is 0 Å². The van der Waals surface area contributed by atoms with E-state index < -0.39 is 0 Å². The van der Waals surface area contributed by atoms with E-state index in [4.69, 9.17) is 0 Å². The van der Waals surface area contributed by atoms with Gasteiger partial charge in [0, 0.05) is 26.2 Å². The standard InChI is InChI=1S/C10H21N3/c1-11-4-7-13-5-2-10(3-6-13)8-12-9-10/h11-12H,2-9H2,1H3. The zero-order valence-electron chi connectivity index (χ0n) is 8.60. The Hall–Kier alpha value is -0.120. The van der Waals surface area contributed by atoms with E-state index in [1.165, 1.54) is 45.6 Å². The summed E-state index contributed by atoms with van der Waals surface area (Å²) < 4.78 is 0. The third kappa shape index (κ3) is 2.03. The Kier molecular flexibility index (Phi) is 2.86. The van der Waals surface area contributed by atoms with E-state index >= 15 is 0 Å². The van der Waals surface area contributed by atoms with Crippen molar-refractivity contribution >= 4 is 0 Å². The maximum absolute atomic E-state index is 3.40. The summed E-state index contributed by atoms with van der Waals surface area (Å²) in [5.41, 5.74) is 0.705. The van der Waals surface area contributed by atoms with Crippen molar-refractivity contribution in [1.29, 1.82) is 0 Å². The molecule has 0 aromatic rings. The van der Waals surface area contributed by atoms with Crippen LogP contribution < -0.4 is 10.6 Å². The van der Waals surface area contributed by atoms with Crippen molar-refractivity contribution in [3.05, 3.63) is 0 Å². The third-order valence-electron chi connectivity index (χ3n) is 3.59. The van der Waals surface area contributed by atoms with E-state index in [0.29, 0.717) is 5.41 Å². The number of hydrogen-bond donors (Lipinski definition) is 2. The summed E-state index contributed by atoms with van der Waals surface area (Å²) in [6.07, 6.45) is 2.81. The number of nitrogens with one attached hydrogen (secondary N) is 2. The Bertz CT molecular complexity index is 156. The van der Waals surface area contributed by atoms with Gasteiger partial charge in [-0.3, -0.25) is 0 Å². The summed E-state index contributed by atoms with van der Waals surface area (Å²) in [6, 6.07) is 0. The monoisotopic (exact) mass is 183 g/mol. The van der Waals surface area contributed by atoms with Crippen LogP contribution in [0.2, 0.25) is 0 Å². The van der Waals surface area contributed by atoms with Crippen LogP contribution in [0.1, 0.15) is 12.8 Å². The Labute approximate surface area is 80.9 Å².